The average molecular weight is 464 g/mol. The summed E-state index contributed by atoms with van der Waals surface area (Å²) in [6.07, 6.45) is 0. The van der Waals surface area contributed by atoms with Crippen LogP contribution in [0.4, 0.5) is 5.69 Å². The zero-order valence-electron chi connectivity index (χ0n) is 19.7. The SMILES string of the molecule is C=C.CC(C)(N)C(NC(=O)c1ccc(C#Cc2ccc(N3CCNCC3)cc2)cc1)C(=O)NO. The van der Waals surface area contributed by atoms with Crippen LogP contribution in [0, 0.1) is 11.8 Å². The van der Waals surface area contributed by atoms with E-state index >= 15 is 0 Å². The van der Waals surface area contributed by atoms with Crippen LogP contribution in [0.3, 0.4) is 0 Å². The van der Waals surface area contributed by atoms with Gasteiger partial charge in [-0.15, -0.1) is 13.2 Å². The quantitative estimate of drug-likeness (QED) is 0.199. The van der Waals surface area contributed by atoms with Gasteiger partial charge in [-0.3, -0.25) is 14.8 Å². The predicted molar refractivity (Wildman–Crippen MR) is 135 cm³/mol. The lowest BCUT2D eigenvalue weighted by Crippen LogP contribution is -2.61. The van der Waals surface area contributed by atoms with Crippen molar-refractivity contribution < 1.29 is 14.8 Å². The minimum absolute atomic E-state index is 0.357. The van der Waals surface area contributed by atoms with E-state index in [4.69, 9.17) is 10.9 Å². The molecule has 0 radical (unpaired) electrons. The fourth-order valence-electron chi connectivity index (χ4n) is 3.40. The van der Waals surface area contributed by atoms with Gasteiger partial charge in [0.05, 0.1) is 0 Å². The summed E-state index contributed by atoms with van der Waals surface area (Å²) < 4.78 is 0. The average Bonchev–Trinajstić information content (AvgIpc) is 2.87. The van der Waals surface area contributed by atoms with E-state index < -0.39 is 23.4 Å². The summed E-state index contributed by atoms with van der Waals surface area (Å²) >= 11 is 0. The van der Waals surface area contributed by atoms with Gasteiger partial charge in [-0.25, -0.2) is 5.48 Å². The Kier molecular flexibility index (Phi) is 9.83. The smallest absolute Gasteiger partial charge is 0.267 e. The molecule has 2 amide bonds. The van der Waals surface area contributed by atoms with E-state index in [1.165, 1.54) is 11.2 Å². The van der Waals surface area contributed by atoms with E-state index in [2.05, 4.69) is 52.7 Å². The fraction of sp³-hybridized carbons (Fsp3) is 0.308. The van der Waals surface area contributed by atoms with Crippen LogP contribution in [0.15, 0.2) is 61.7 Å². The first kappa shape index (κ1) is 26.6. The molecule has 1 atom stereocenters. The lowest BCUT2D eigenvalue weighted by molar-refractivity contribution is -0.132. The highest BCUT2D eigenvalue weighted by atomic mass is 16.5. The summed E-state index contributed by atoms with van der Waals surface area (Å²) in [7, 11) is 0. The molecule has 0 spiro atoms. The first-order valence-corrected chi connectivity index (χ1v) is 11.0. The topological polar surface area (TPSA) is 120 Å². The molecule has 1 fully saturated rings. The van der Waals surface area contributed by atoms with Gasteiger partial charge in [0.25, 0.3) is 11.8 Å². The third-order valence-electron chi connectivity index (χ3n) is 5.24. The number of rotatable bonds is 5. The maximum Gasteiger partial charge on any atom is 0.267 e. The molecule has 2 aromatic rings. The molecule has 8 nitrogen and oxygen atoms in total. The second-order valence-electron chi connectivity index (χ2n) is 8.32. The first-order chi connectivity index (χ1) is 16.3. The Bertz CT molecular complexity index is 1010. The van der Waals surface area contributed by atoms with E-state index in [9.17, 15) is 9.59 Å². The zero-order chi connectivity index (χ0) is 25.1. The highest BCUT2D eigenvalue weighted by molar-refractivity contribution is 5.97. The Morgan fingerprint density at radius 3 is 2.00 bits per heavy atom. The Hall–Kier alpha value is -3.64. The van der Waals surface area contributed by atoms with Gasteiger partial charge in [0.2, 0.25) is 0 Å². The molecule has 2 aromatic carbocycles. The normalized spacial score (nSPS) is 13.9. The van der Waals surface area contributed by atoms with Crippen LogP contribution >= 0.6 is 0 Å². The van der Waals surface area contributed by atoms with Crippen LogP contribution in [0.25, 0.3) is 0 Å². The minimum atomic E-state index is -1.09. The van der Waals surface area contributed by atoms with Crippen LogP contribution in [-0.2, 0) is 4.79 Å². The fourth-order valence-corrected chi connectivity index (χ4v) is 3.40. The summed E-state index contributed by atoms with van der Waals surface area (Å²) in [5.41, 5.74) is 9.64. The van der Waals surface area contributed by atoms with Crippen LogP contribution in [-0.4, -0.2) is 54.8 Å². The molecule has 3 rings (SSSR count). The number of benzene rings is 2. The van der Waals surface area contributed by atoms with Crippen molar-refractivity contribution in [1.82, 2.24) is 16.1 Å². The Morgan fingerprint density at radius 1 is 1.03 bits per heavy atom. The van der Waals surface area contributed by atoms with Gasteiger partial charge >= 0.3 is 0 Å². The monoisotopic (exact) mass is 463 g/mol. The largest absolute Gasteiger partial charge is 0.369 e. The van der Waals surface area contributed by atoms with Crippen LogP contribution in [0.1, 0.15) is 35.3 Å². The van der Waals surface area contributed by atoms with Crippen molar-refractivity contribution in [3.63, 3.8) is 0 Å². The van der Waals surface area contributed by atoms with E-state index in [-0.39, 0.29) is 0 Å². The van der Waals surface area contributed by atoms with Crippen molar-refractivity contribution in [2.24, 2.45) is 5.73 Å². The van der Waals surface area contributed by atoms with Crippen molar-refractivity contribution in [2.75, 3.05) is 31.1 Å². The van der Waals surface area contributed by atoms with E-state index in [0.717, 1.165) is 37.3 Å². The van der Waals surface area contributed by atoms with Crippen LogP contribution in [0.5, 0.6) is 0 Å². The molecule has 1 heterocycles. The minimum Gasteiger partial charge on any atom is -0.369 e. The molecule has 1 aliphatic heterocycles. The van der Waals surface area contributed by atoms with Gasteiger partial charge < -0.3 is 21.3 Å². The number of hydrogen-bond acceptors (Lipinski definition) is 6. The Balaban J connectivity index is 0.00000199. The van der Waals surface area contributed by atoms with Crippen LogP contribution < -0.4 is 26.7 Å². The molecule has 6 N–H and O–H groups in total. The second-order valence-corrected chi connectivity index (χ2v) is 8.32. The number of nitrogens with zero attached hydrogens (tertiary/aromatic N) is 1. The molecule has 0 aliphatic carbocycles. The maximum atomic E-state index is 12.5. The van der Waals surface area contributed by atoms with E-state index in [0.29, 0.717) is 5.56 Å². The molecule has 0 saturated carbocycles. The Labute approximate surface area is 201 Å². The lowest BCUT2D eigenvalue weighted by Gasteiger charge is -2.29. The molecule has 0 aromatic heterocycles. The summed E-state index contributed by atoms with van der Waals surface area (Å²) in [4.78, 5) is 26.7. The third-order valence-corrected chi connectivity index (χ3v) is 5.24. The van der Waals surface area contributed by atoms with Crippen LogP contribution in [0.2, 0.25) is 0 Å². The molecular weight excluding hydrogens is 430 g/mol. The van der Waals surface area contributed by atoms with Crippen molar-refractivity contribution in [3.05, 3.63) is 78.4 Å². The number of nitrogens with two attached hydrogens (primary N) is 1. The molecule has 1 aliphatic rings. The molecule has 1 unspecified atom stereocenters. The summed E-state index contributed by atoms with van der Waals surface area (Å²) in [6, 6.07) is 13.8. The van der Waals surface area contributed by atoms with E-state index in [1.54, 1.807) is 38.1 Å². The van der Waals surface area contributed by atoms with Gasteiger partial charge in [0.15, 0.2) is 0 Å². The van der Waals surface area contributed by atoms with Crippen molar-refractivity contribution >= 4 is 17.5 Å². The zero-order valence-corrected chi connectivity index (χ0v) is 19.7. The predicted octanol–water partition coefficient (Wildman–Crippen LogP) is 1.64. The summed E-state index contributed by atoms with van der Waals surface area (Å²) in [6.45, 7) is 13.2. The van der Waals surface area contributed by atoms with Crippen molar-refractivity contribution in [1.29, 1.82) is 0 Å². The highest BCUT2D eigenvalue weighted by Crippen LogP contribution is 2.15. The van der Waals surface area contributed by atoms with Gasteiger partial charge in [-0.05, 0) is 62.4 Å². The number of carbonyl (C=O) groups excluding carboxylic acids is 2. The number of nitrogens with one attached hydrogen (secondary N) is 3. The van der Waals surface area contributed by atoms with Gasteiger partial charge in [-0.2, -0.15) is 0 Å². The number of hydroxylamine groups is 1. The number of anilines is 1. The van der Waals surface area contributed by atoms with Gasteiger partial charge in [0.1, 0.15) is 6.04 Å². The number of amides is 2. The summed E-state index contributed by atoms with van der Waals surface area (Å²) in [5, 5.41) is 14.8. The van der Waals surface area contributed by atoms with Crippen molar-refractivity contribution in [3.8, 4) is 11.8 Å². The lowest BCUT2D eigenvalue weighted by atomic mass is 9.95. The Morgan fingerprint density at radius 2 is 1.53 bits per heavy atom. The van der Waals surface area contributed by atoms with Crippen molar-refractivity contribution in [2.45, 2.75) is 25.4 Å². The first-order valence-electron chi connectivity index (χ1n) is 11.0. The molecular formula is C26H33N5O3. The van der Waals surface area contributed by atoms with Gasteiger partial charge in [-0.1, -0.05) is 11.8 Å². The number of piperazine rings is 1. The second kappa shape index (κ2) is 12.6. The summed E-state index contributed by atoms with van der Waals surface area (Å²) in [5.74, 6) is 4.98. The number of hydrogen-bond donors (Lipinski definition) is 5. The molecule has 1 saturated heterocycles. The maximum absolute atomic E-state index is 12.5. The van der Waals surface area contributed by atoms with Gasteiger partial charge in [0, 0.05) is 54.1 Å². The molecule has 180 valence electrons. The molecule has 34 heavy (non-hydrogen) atoms. The highest BCUT2D eigenvalue weighted by Gasteiger charge is 2.33. The van der Waals surface area contributed by atoms with E-state index in [1.807, 2.05) is 12.1 Å². The molecule has 8 heteroatoms. The number of carbonyl (C=O) groups is 2. The third kappa shape index (κ3) is 7.46. The standard InChI is InChI=1S/C24H29N5O3.C2H4/c1-24(2,25)21(23(31)28-32)27-22(30)19-9-5-17(6-10-19)3-4-18-7-11-20(12-8-18)29-15-13-26-14-16-29;1-2/h5-12,21,26,32H,13-16,25H2,1-2H3,(H,27,30)(H,28,31);1-2H2. The molecule has 0 bridgehead atoms.